The Morgan fingerprint density at radius 1 is 1.00 bits per heavy atom. The average molecular weight is 373 g/mol. The van der Waals surface area contributed by atoms with E-state index < -0.39 is 17.8 Å². The van der Waals surface area contributed by atoms with Gasteiger partial charge in [0, 0.05) is 29.7 Å². The predicted octanol–water partition coefficient (Wildman–Crippen LogP) is 3.46. The first-order valence-corrected chi connectivity index (χ1v) is 8.89. The lowest BCUT2D eigenvalue weighted by Gasteiger charge is -2.27. The highest BCUT2D eigenvalue weighted by Gasteiger charge is 2.37. The number of imide groups is 2. The molecule has 4 rings (SSSR count). The third-order valence-corrected chi connectivity index (χ3v) is 4.92. The van der Waals surface area contributed by atoms with Crippen LogP contribution in [-0.4, -0.2) is 22.4 Å². The number of carbonyl (C=O) groups is 3. The van der Waals surface area contributed by atoms with Crippen molar-refractivity contribution in [3.63, 3.8) is 0 Å². The SMILES string of the molecule is Cc1ccc(N2C(=O)NC(=O)C(=Cc3cn(C)c4ccccc34)C2=O)c(C)c1. The van der Waals surface area contributed by atoms with Crippen molar-refractivity contribution in [1.82, 2.24) is 9.88 Å². The van der Waals surface area contributed by atoms with Crippen molar-refractivity contribution < 1.29 is 14.4 Å². The largest absolute Gasteiger partial charge is 0.350 e. The Morgan fingerprint density at radius 2 is 1.75 bits per heavy atom. The van der Waals surface area contributed by atoms with Gasteiger partial charge in [0.1, 0.15) is 5.57 Å². The summed E-state index contributed by atoms with van der Waals surface area (Å²) in [6, 6.07) is 12.4. The molecule has 0 radical (unpaired) electrons. The monoisotopic (exact) mass is 373 g/mol. The summed E-state index contributed by atoms with van der Waals surface area (Å²) in [5.41, 5.74) is 3.92. The molecule has 6 nitrogen and oxygen atoms in total. The second kappa shape index (κ2) is 6.49. The molecule has 0 saturated carbocycles. The molecular weight excluding hydrogens is 354 g/mol. The fourth-order valence-electron chi connectivity index (χ4n) is 3.58. The first kappa shape index (κ1) is 17.7. The van der Waals surface area contributed by atoms with Gasteiger partial charge < -0.3 is 4.57 Å². The summed E-state index contributed by atoms with van der Waals surface area (Å²) in [5.74, 6) is -1.32. The van der Waals surface area contributed by atoms with Crippen LogP contribution in [-0.2, 0) is 16.6 Å². The van der Waals surface area contributed by atoms with Gasteiger partial charge >= 0.3 is 6.03 Å². The van der Waals surface area contributed by atoms with E-state index >= 15 is 0 Å². The third kappa shape index (κ3) is 2.79. The lowest BCUT2D eigenvalue weighted by molar-refractivity contribution is -0.122. The van der Waals surface area contributed by atoms with Gasteiger partial charge in [-0.2, -0.15) is 0 Å². The van der Waals surface area contributed by atoms with Crippen molar-refractivity contribution in [3.05, 3.63) is 70.9 Å². The van der Waals surface area contributed by atoms with E-state index in [9.17, 15) is 14.4 Å². The van der Waals surface area contributed by atoms with E-state index in [1.807, 2.05) is 68.1 Å². The quantitative estimate of drug-likeness (QED) is 0.552. The number of nitrogens with one attached hydrogen (secondary N) is 1. The van der Waals surface area contributed by atoms with E-state index in [0.717, 1.165) is 32.5 Å². The second-order valence-corrected chi connectivity index (χ2v) is 6.96. The number of benzene rings is 2. The summed E-state index contributed by atoms with van der Waals surface area (Å²) in [7, 11) is 1.90. The van der Waals surface area contributed by atoms with Crippen molar-refractivity contribution in [2.75, 3.05) is 4.90 Å². The first-order valence-electron chi connectivity index (χ1n) is 8.89. The van der Waals surface area contributed by atoms with Gasteiger partial charge in [-0.25, -0.2) is 9.69 Å². The number of urea groups is 1. The third-order valence-electron chi connectivity index (χ3n) is 4.92. The van der Waals surface area contributed by atoms with Crippen LogP contribution in [0.4, 0.5) is 10.5 Å². The number of amides is 4. The van der Waals surface area contributed by atoms with Crippen molar-refractivity contribution >= 4 is 40.5 Å². The minimum absolute atomic E-state index is 0.0732. The van der Waals surface area contributed by atoms with Gasteiger partial charge in [-0.05, 0) is 37.6 Å². The van der Waals surface area contributed by atoms with Crippen molar-refractivity contribution in [2.45, 2.75) is 13.8 Å². The topological polar surface area (TPSA) is 71.4 Å². The Hall–Kier alpha value is -3.67. The Labute approximate surface area is 162 Å². The molecule has 1 aliphatic rings. The molecule has 2 aromatic carbocycles. The van der Waals surface area contributed by atoms with Gasteiger partial charge in [-0.1, -0.05) is 35.9 Å². The number of aryl methyl sites for hydroxylation is 3. The number of fused-ring (bicyclic) bond motifs is 1. The smallest absolute Gasteiger partial charge is 0.335 e. The lowest BCUT2D eigenvalue weighted by Crippen LogP contribution is -2.54. The van der Waals surface area contributed by atoms with E-state index in [2.05, 4.69) is 5.32 Å². The van der Waals surface area contributed by atoms with Gasteiger partial charge in [-0.15, -0.1) is 0 Å². The van der Waals surface area contributed by atoms with Crippen LogP contribution >= 0.6 is 0 Å². The number of hydrogen-bond donors (Lipinski definition) is 1. The molecule has 0 spiro atoms. The molecule has 3 aromatic rings. The standard InChI is InChI=1S/C22H19N3O3/c1-13-8-9-18(14(2)10-13)25-21(27)17(20(26)23-22(25)28)11-15-12-24(3)19-7-5-4-6-16(15)19/h4-12H,1-3H3,(H,23,26,28). The molecule has 4 amide bonds. The summed E-state index contributed by atoms with van der Waals surface area (Å²) >= 11 is 0. The van der Waals surface area contributed by atoms with Gasteiger partial charge in [0.05, 0.1) is 5.69 Å². The molecular formula is C22H19N3O3. The second-order valence-electron chi connectivity index (χ2n) is 6.96. The van der Waals surface area contributed by atoms with Crippen molar-refractivity contribution in [1.29, 1.82) is 0 Å². The Morgan fingerprint density at radius 3 is 2.50 bits per heavy atom. The highest BCUT2D eigenvalue weighted by molar-refractivity contribution is 6.39. The molecule has 0 atom stereocenters. The van der Waals surface area contributed by atoms with Crippen LogP contribution in [0.25, 0.3) is 17.0 Å². The molecule has 2 heterocycles. The van der Waals surface area contributed by atoms with E-state index in [1.54, 1.807) is 12.1 Å². The van der Waals surface area contributed by atoms with Gasteiger partial charge in [0.15, 0.2) is 0 Å². The van der Waals surface area contributed by atoms with Gasteiger partial charge in [0.25, 0.3) is 11.8 Å². The molecule has 0 aliphatic carbocycles. The Kier molecular flexibility index (Phi) is 4.11. The predicted molar refractivity (Wildman–Crippen MR) is 108 cm³/mol. The number of hydrogen-bond acceptors (Lipinski definition) is 3. The zero-order chi connectivity index (χ0) is 20.0. The number of aromatic nitrogens is 1. The number of barbiturate groups is 1. The molecule has 1 aliphatic heterocycles. The van der Waals surface area contributed by atoms with E-state index in [-0.39, 0.29) is 5.57 Å². The Bertz CT molecular complexity index is 1190. The van der Waals surface area contributed by atoms with Crippen LogP contribution in [0, 0.1) is 13.8 Å². The van der Waals surface area contributed by atoms with Gasteiger partial charge in [0.2, 0.25) is 0 Å². The van der Waals surface area contributed by atoms with Crippen LogP contribution in [0.2, 0.25) is 0 Å². The number of rotatable bonds is 2. The number of carbonyl (C=O) groups excluding carboxylic acids is 3. The molecule has 6 heteroatoms. The highest BCUT2D eigenvalue weighted by Crippen LogP contribution is 2.28. The van der Waals surface area contributed by atoms with Gasteiger partial charge in [-0.3, -0.25) is 14.9 Å². The molecule has 0 bridgehead atoms. The van der Waals surface area contributed by atoms with Crippen LogP contribution in [0.3, 0.4) is 0 Å². The zero-order valence-electron chi connectivity index (χ0n) is 15.8. The molecule has 1 fully saturated rings. The van der Waals surface area contributed by atoms with Crippen molar-refractivity contribution in [2.24, 2.45) is 7.05 Å². The maximum atomic E-state index is 13.1. The summed E-state index contributed by atoms with van der Waals surface area (Å²) in [6.07, 6.45) is 3.40. The molecule has 1 aromatic heterocycles. The van der Waals surface area contributed by atoms with Crippen molar-refractivity contribution in [3.8, 4) is 0 Å². The summed E-state index contributed by atoms with van der Waals surface area (Å²) < 4.78 is 1.93. The molecule has 28 heavy (non-hydrogen) atoms. The van der Waals surface area contributed by atoms with E-state index in [1.165, 1.54) is 0 Å². The minimum atomic E-state index is -0.739. The molecule has 1 N–H and O–H groups in total. The van der Waals surface area contributed by atoms with Crippen LogP contribution in [0.1, 0.15) is 16.7 Å². The molecule has 0 unspecified atom stereocenters. The van der Waals surface area contributed by atoms with E-state index in [4.69, 9.17) is 0 Å². The zero-order valence-corrected chi connectivity index (χ0v) is 15.8. The molecule has 1 saturated heterocycles. The summed E-state index contributed by atoms with van der Waals surface area (Å²) in [5, 5.41) is 3.20. The lowest BCUT2D eigenvalue weighted by atomic mass is 10.0. The number of anilines is 1. The first-order chi connectivity index (χ1) is 13.4. The highest BCUT2D eigenvalue weighted by atomic mass is 16.2. The Balaban J connectivity index is 1.82. The normalized spacial score (nSPS) is 16.2. The molecule has 140 valence electrons. The van der Waals surface area contributed by atoms with E-state index in [0.29, 0.717) is 5.69 Å². The van der Waals surface area contributed by atoms with Crippen LogP contribution in [0.5, 0.6) is 0 Å². The summed E-state index contributed by atoms with van der Waals surface area (Å²) in [6.45, 7) is 3.76. The maximum Gasteiger partial charge on any atom is 0.335 e. The fourth-order valence-corrected chi connectivity index (χ4v) is 3.58. The van der Waals surface area contributed by atoms with Crippen LogP contribution in [0.15, 0.2) is 54.2 Å². The minimum Gasteiger partial charge on any atom is -0.350 e. The number of nitrogens with zero attached hydrogens (tertiary/aromatic N) is 2. The maximum absolute atomic E-state index is 13.1. The average Bonchev–Trinajstić information content (AvgIpc) is 2.96. The number of para-hydroxylation sites is 1. The fraction of sp³-hybridized carbons (Fsp3) is 0.136. The summed E-state index contributed by atoms with van der Waals surface area (Å²) in [4.78, 5) is 39.0. The van der Waals surface area contributed by atoms with Crippen LogP contribution < -0.4 is 10.2 Å².